The van der Waals surface area contributed by atoms with E-state index in [1.165, 1.54) is 57.8 Å². The van der Waals surface area contributed by atoms with Crippen molar-refractivity contribution in [1.29, 1.82) is 5.26 Å². The van der Waals surface area contributed by atoms with Gasteiger partial charge >= 0.3 is 0 Å². The molecule has 1 aromatic carbocycles. The van der Waals surface area contributed by atoms with E-state index < -0.39 is 0 Å². The predicted octanol–water partition coefficient (Wildman–Crippen LogP) is 6.35. The van der Waals surface area contributed by atoms with Crippen molar-refractivity contribution in [3.05, 3.63) is 47.8 Å². The zero-order chi connectivity index (χ0) is 16.9. The minimum absolute atomic E-state index is 0.156. The fourth-order valence-electron chi connectivity index (χ4n) is 4.93. The Balaban J connectivity index is 1.52. The summed E-state index contributed by atoms with van der Waals surface area (Å²) in [5.41, 5.74) is 1.24. The number of hydrogen-bond acceptors (Lipinski definition) is 1. The second kappa shape index (κ2) is 7.97. The number of benzene rings is 1. The van der Waals surface area contributed by atoms with Gasteiger partial charge in [0.1, 0.15) is 11.9 Å². The molecular weight excluding hydrogens is 297 g/mol. The third-order valence-electron chi connectivity index (χ3n) is 6.41. The van der Waals surface area contributed by atoms with Gasteiger partial charge in [-0.15, -0.1) is 6.58 Å². The summed E-state index contributed by atoms with van der Waals surface area (Å²) in [6, 6.07) is 7.08. The lowest BCUT2D eigenvalue weighted by atomic mass is 9.68. The molecule has 2 aliphatic carbocycles. The highest BCUT2D eigenvalue weighted by Gasteiger charge is 2.31. The number of nitrogens with zero attached hydrogens (tertiary/aromatic N) is 1. The quantitative estimate of drug-likeness (QED) is 0.591. The topological polar surface area (TPSA) is 23.8 Å². The molecule has 128 valence electrons. The van der Waals surface area contributed by atoms with Crippen LogP contribution in [0.3, 0.4) is 0 Å². The lowest BCUT2D eigenvalue weighted by molar-refractivity contribution is 0.160. The van der Waals surface area contributed by atoms with Gasteiger partial charge in [-0.05, 0) is 99.2 Å². The van der Waals surface area contributed by atoms with Gasteiger partial charge < -0.3 is 0 Å². The van der Waals surface area contributed by atoms with Gasteiger partial charge in [0.05, 0.1) is 5.56 Å². The lowest BCUT2D eigenvalue weighted by Gasteiger charge is -2.38. The molecule has 2 fully saturated rings. The highest BCUT2D eigenvalue weighted by molar-refractivity contribution is 5.34. The minimum Gasteiger partial charge on any atom is -0.206 e. The van der Waals surface area contributed by atoms with Crippen LogP contribution in [-0.2, 0) is 0 Å². The van der Waals surface area contributed by atoms with Crippen LogP contribution in [0.15, 0.2) is 30.9 Å². The summed E-state index contributed by atoms with van der Waals surface area (Å²) in [5, 5.41) is 8.86. The van der Waals surface area contributed by atoms with E-state index in [9.17, 15) is 4.39 Å². The fourth-order valence-corrected chi connectivity index (χ4v) is 4.93. The molecule has 1 nitrogen and oxygen atoms in total. The molecule has 2 saturated carbocycles. The van der Waals surface area contributed by atoms with Crippen molar-refractivity contribution < 1.29 is 4.39 Å². The van der Waals surface area contributed by atoms with E-state index in [-0.39, 0.29) is 11.4 Å². The van der Waals surface area contributed by atoms with Crippen LogP contribution in [0.4, 0.5) is 4.39 Å². The van der Waals surface area contributed by atoms with Gasteiger partial charge in [-0.1, -0.05) is 12.1 Å². The first-order valence-corrected chi connectivity index (χ1v) is 9.51. The van der Waals surface area contributed by atoms with Gasteiger partial charge in [-0.25, -0.2) is 4.39 Å². The average Bonchev–Trinajstić information content (AvgIpc) is 2.63. The number of nitriles is 1. The van der Waals surface area contributed by atoms with Crippen molar-refractivity contribution in [3.8, 4) is 6.07 Å². The number of hydrogen-bond donors (Lipinski definition) is 0. The molecule has 0 amide bonds. The van der Waals surface area contributed by atoms with Crippen LogP contribution < -0.4 is 0 Å². The zero-order valence-electron chi connectivity index (χ0n) is 14.5. The largest absolute Gasteiger partial charge is 0.206 e. The fraction of sp³-hybridized carbons (Fsp3) is 0.591. The van der Waals surface area contributed by atoms with Crippen LogP contribution in [0.5, 0.6) is 0 Å². The monoisotopic (exact) mass is 325 g/mol. The molecule has 0 unspecified atom stereocenters. The van der Waals surface area contributed by atoms with Crippen LogP contribution >= 0.6 is 0 Å². The van der Waals surface area contributed by atoms with E-state index in [4.69, 9.17) is 5.26 Å². The van der Waals surface area contributed by atoms with Crippen molar-refractivity contribution in [1.82, 2.24) is 0 Å². The van der Waals surface area contributed by atoms with Crippen LogP contribution in [0, 0.1) is 34.9 Å². The van der Waals surface area contributed by atoms with Crippen molar-refractivity contribution in [2.75, 3.05) is 0 Å². The summed E-state index contributed by atoms with van der Waals surface area (Å²) in [5.74, 6) is 2.76. The summed E-state index contributed by atoms with van der Waals surface area (Å²) >= 11 is 0. The van der Waals surface area contributed by atoms with E-state index in [2.05, 4.69) is 12.7 Å². The number of allylic oxidation sites excluding steroid dienone is 1. The second-order valence-corrected chi connectivity index (χ2v) is 7.77. The Bertz CT molecular complexity index is 599. The summed E-state index contributed by atoms with van der Waals surface area (Å²) in [6.07, 6.45) is 13.7. The van der Waals surface area contributed by atoms with E-state index in [0.29, 0.717) is 5.92 Å². The predicted molar refractivity (Wildman–Crippen MR) is 96.1 cm³/mol. The molecule has 0 radical (unpaired) electrons. The lowest BCUT2D eigenvalue weighted by Crippen LogP contribution is -2.25. The molecule has 0 heterocycles. The molecule has 0 spiro atoms. The molecule has 2 heteroatoms. The highest BCUT2D eigenvalue weighted by atomic mass is 19.1. The molecule has 2 aliphatic rings. The smallest absolute Gasteiger partial charge is 0.141 e. The maximum atomic E-state index is 13.8. The summed E-state index contributed by atoms with van der Waals surface area (Å²) in [4.78, 5) is 0. The van der Waals surface area contributed by atoms with E-state index in [1.54, 1.807) is 12.1 Å². The van der Waals surface area contributed by atoms with Gasteiger partial charge in [0.2, 0.25) is 0 Å². The molecule has 1 aromatic rings. The third-order valence-corrected chi connectivity index (χ3v) is 6.41. The van der Waals surface area contributed by atoms with E-state index in [1.807, 2.05) is 12.1 Å². The van der Waals surface area contributed by atoms with Gasteiger partial charge in [-0.2, -0.15) is 5.26 Å². The van der Waals surface area contributed by atoms with Gasteiger partial charge in [0, 0.05) is 0 Å². The highest BCUT2D eigenvalue weighted by Crippen LogP contribution is 2.44. The molecule has 0 saturated heterocycles. The Hall–Kier alpha value is -1.62. The van der Waals surface area contributed by atoms with Crippen molar-refractivity contribution in [2.45, 2.75) is 63.7 Å². The Kier molecular flexibility index (Phi) is 5.72. The van der Waals surface area contributed by atoms with Gasteiger partial charge in [0.15, 0.2) is 0 Å². The first-order chi connectivity index (χ1) is 11.7. The molecule has 0 N–H and O–H groups in total. The van der Waals surface area contributed by atoms with Crippen molar-refractivity contribution in [3.63, 3.8) is 0 Å². The Morgan fingerprint density at radius 1 is 1.04 bits per heavy atom. The third kappa shape index (κ3) is 3.89. The summed E-state index contributed by atoms with van der Waals surface area (Å²) < 4.78 is 13.8. The van der Waals surface area contributed by atoms with Crippen LogP contribution in [0.1, 0.15) is 74.8 Å². The maximum Gasteiger partial charge on any atom is 0.141 e. The standard InChI is InChI=1S/C22H28FN/c1-2-3-16-4-6-17(7-5-16)18-8-10-19(11-9-18)20-12-13-21(15-24)22(23)14-20/h2,12-14,16-19H,1,3-11H2. The summed E-state index contributed by atoms with van der Waals surface area (Å²) in [6.45, 7) is 3.87. The van der Waals surface area contributed by atoms with Crippen molar-refractivity contribution in [2.24, 2.45) is 17.8 Å². The molecule has 0 atom stereocenters. The van der Waals surface area contributed by atoms with Crippen LogP contribution in [0.2, 0.25) is 0 Å². The first-order valence-electron chi connectivity index (χ1n) is 9.51. The number of rotatable bonds is 4. The van der Waals surface area contributed by atoms with Crippen LogP contribution in [-0.4, -0.2) is 0 Å². The van der Waals surface area contributed by atoms with E-state index in [0.717, 1.165) is 23.3 Å². The molecule has 0 aliphatic heterocycles. The molecule has 0 bridgehead atoms. The van der Waals surface area contributed by atoms with E-state index >= 15 is 0 Å². The summed E-state index contributed by atoms with van der Waals surface area (Å²) in [7, 11) is 0. The van der Waals surface area contributed by atoms with Gasteiger partial charge in [-0.3, -0.25) is 0 Å². The molecule has 0 aromatic heterocycles. The Morgan fingerprint density at radius 3 is 2.21 bits per heavy atom. The average molecular weight is 325 g/mol. The molecular formula is C22H28FN. The van der Waals surface area contributed by atoms with Gasteiger partial charge in [0.25, 0.3) is 0 Å². The first kappa shape index (κ1) is 17.2. The Morgan fingerprint density at radius 2 is 1.67 bits per heavy atom. The Labute approximate surface area is 145 Å². The van der Waals surface area contributed by atoms with Crippen molar-refractivity contribution >= 4 is 0 Å². The zero-order valence-corrected chi connectivity index (χ0v) is 14.5. The SMILES string of the molecule is C=CCC1CCC(C2CCC(c3ccc(C#N)c(F)c3)CC2)CC1. The normalized spacial score (nSPS) is 30.5. The second-order valence-electron chi connectivity index (χ2n) is 7.77. The maximum absolute atomic E-state index is 13.8. The minimum atomic E-state index is -0.363. The van der Waals surface area contributed by atoms with Crippen LogP contribution in [0.25, 0.3) is 0 Å². The number of halogens is 1. The molecule has 24 heavy (non-hydrogen) atoms. The molecule has 3 rings (SSSR count).